The molecule has 0 radical (unpaired) electrons. The Hall–Kier alpha value is -0.590. The molecule has 0 aliphatic carbocycles. The number of aliphatic imine (C=N–C) groups is 1. The maximum Gasteiger partial charge on any atom is 0.231 e. The Labute approximate surface area is 181 Å². The maximum absolute atomic E-state index is 11.0. The number of carbonyl (C=O) groups is 1. The fourth-order valence-corrected chi connectivity index (χ4v) is 4.30. The van der Waals surface area contributed by atoms with Crippen LogP contribution in [0.1, 0.15) is 26.2 Å². The number of primary amides is 1. The number of guanidine groups is 1. The number of hydrogen-bond donors (Lipinski definition) is 3. The second-order valence-corrected chi connectivity index (χ2v) is 8.16. The van der Waals surface area contributed by atoms with Crippen molar-refractivity contribution in [1.29, 1.82) is 0 Å². The van der Waals surface area contributed by atoms with E-state index in [1.54, 1.807) is 23.1 Å². The van der Waals surface area contributed by atoms with Crippen molar-refractivity contribution in [3.8, 4) is 0 Å². The van der Waals surface area contributed by atoms with Gasteiger partial charge in [-0.3, -0.25) is 14.7 Å². The van der Waals surface area contributed by atoms with Crippen molar-refractivity contribution in [3.05, 3.63) is 11.6 Å². The SMILES string of the molecule is CCNC(=NCCCSc1nccs1)NC1CCN(CC(N)=O)CC1.I. The van der Waals surface area contributed by atoms with E-state index in [1.807, 2.05) is 11.6 Å². The summed E-state index contributed by atoms with van der Waals surface area (Å²) in [5, 5.41) is 8.83. The molecule has 1 aliphatic heterocycles. The van der Waals surface area contributed by atoms with Crippen LogP contribution in [0.2, 0.25) is 0 Å². The summed E-state index contributed by atoms with van der Waals surface area (Å²) >= 11 is 3.47. The van der Waals surface area contributed by atoms with Gasteiger partial charge in [0.25, 0.3) is 0 Å². The van der Waals surface area contributed by atoms with E-state index in [0.717, 1.165) is 61.5 Å². The molecule has 0 atom stereocenters. The summed E-state index contributed by atoms with van der Waals surface area (Å²) in [6.45, 7) is 5.87. The van der Waals surface area contributed by atoms with Crippen LogP contribution in [0.25, 0.3) is 0 Å². The van der Waals surface area contributed by atoms with Crippen molar-refractivity contribution in [2.75, 3.05) is 38.5 Å². The van der Waals surface area contributed by atoms with Gasteiger partial charge < -0.3 is 16.4 Å². The Balaban J connectivity index is 0.00000338. The van der Waals surface area contributed by atoms with Gasteiger partial charge in [-0.2, -0.15) is 0 Å². The topological polar surface area (TPSA) is 95.6 Å². The average molecular weight is 512 g/mol. The Morgan fingerprint density at radius 1 is 1.50 bits per heavy atom. The number of carbonyl (C=O) groups excluding carboxylic acids is 1. The average Bonchev–Trinajstić information content (AvgIpc) is 3.09. The first-order valence-electron chi connectivity index (χ1n) is 8.75. The van der Waals surface area contributed by atoms with Crippen LogP contribution in [-0.2, 0) is 4.79 Å². The largest absolute Gasteiger partial charge is 0.369 e. The zero-order valence-corrected chi connectivity index (χ0v) is 19.1. The van der Waals surface area contributed by atoms with Crippen LogP contribution in [0.4, 0.5) is 0 Å². The molecule has 1 amide bonds. The summed E-state index contributed by atoms with van der Waals surface area (Å²) in [7, 11) is 0. The lowest BCUT2D eigenvalue weighted by Gasteiger charge is -2.32. The molecule has 10 heteroatoms. The van der Waals surface area contributed by atoms with Gasteiger partial charge >= 0.3 is 0 Å². The molecule has 1 aromatic rings. The number of hydrogen-bond acceptors (Lipinski definition) is 6. The number of nitrogens with one attached hydrogen (secondary N) is 2. The van der Waals surface area contributed by atoms with Crippen LogP contribution >= 0.6 is 47.1 Å². The summed E-state index contributed by atoms with van der Waals surface area (Å²) in [5.41, 5.74) is 5.26. The number of amides is 1. The molecule has 1 fully saturated rings. The molecule has 4 N–H and O–H groups in total. The molecule has 148 valence electrons. The molecule has 1 aliphatic rings. The third-order valence-electron chi connectivity index (χ3n) is 3.86. The highest BCUT2D eigenvalue weighted by atomic mass is 127. The molecule has 1 aromatic heterocycles. The van der Waals surface area contributed by atoms with E-state index in [2.05, 4.69) is 32.4 Å². The molecule has 1 saturated heterocycles. The molecule has 2 rings (SSSR count). The lowest BCUT2D eigenvalue weighted by molar-refractivity contribution is -0.119. The zero-order valence-electron chi connectivity index (χ0n) is 15.1. The fourth-order valence-electron chi connectivity index (χ4n) is 2.67. The minimum Gasteiger partial charge on any atom is -0.369 e. The van der Waals surface area contributed by atoms with E-state index in [9.17, 15) is 4.79 Å². The van der Waals surface area contributed by atoms with Gasteiger partial charge in [0.15, 0.2) is 5.96 Å². The second-order valence-electron chi connectivity index (χ2n) is 5.92. The molecule has 0 saturated carbocycles. The number of nitrogens with two attached hydrogens (primary N) is 1. The number of piperidine rings is 1. The first-order valence-corrected chi connectivity index (χ1v) is 10.6. The number of nitrogens with zero attached hydrogens (tertiary/aromatic N) is 3. The minimum absolute atomic E-state index is 0. The Bertz CT molecular complexity index is 535. The quantitative estimate of drug-likeness (QED) is 0.154. The van der Waals surface area contributed by atoms with Gasteiger partial charge in [0.1, 0.15) is 4.34 Å². The van der Waals surface area contributed by atoms with E-state index in [4.69, 9.17) is 5.73 Å². The van der Waals surface area contributed by atoms with Gasteiger partial charge in [-0.1, -0.05) is 11.8 Å². The number of halogens is 1. The molecule has 7 nitrogen and oxygen atoms in total. The third-order valence-corrected chi connectivity index (χ3v) is 5.91. The number of likely N-dealkylation sites (tertiary alicyclic amines) is 1. The van der Waals surface area contributed by atoms with Gasteiger partial charge in [0.2, 0.25) is 5.91 Å². The maximum atomic E-state index is 11.0. The van der Waals surface area contributed by atoms with E-state index in [-0.39, 0.29) is 29.9 Å². The lowest BCUT2D eigenvalue weighted by atomic mass is 10.1. The first-order chi connectivity index (χ1) is 12.2. The van der Waals surface area contributed by atoms with Crippen LogP contribution in [0.3, 0.4) is 0 Å². The smallest absolute Gasteiger partial charge is 0.231 e. The second kappa shape index (κ2) is 13.6. The van der Waals surface area contributed by atoms with Crippen molar-refractivity contribution < 1.29 is 4.79 Å². The Kier molecular flexibility index (Phi) is 12.2. The summed E-state index contributed by atoms with van der Waals surface area (Å²) in [6, 6.07) is 0.395. The summed E-state index contributed by atoms with van der Waals surface area (Å²) in [4.78, 5) is 22.0. The molecule has 26 heavy (non-hydrogen) atoms. The van der Waals surface area contributed by atoms with Gasteiger partial charge in [0.05, 0.1) is 6.54 Å². The molecule has 0 spiro atoms. The van der Waals surface area contributed by atoms with Crippen molar-refractivity contribution in [2.45, 2.75) is 36.6 Å². The fraction of sp³-hybridized carbons (Fsp3) is 0.688. The molecule has 0 unspecified atom stereocenters. The molecule has 0 bridgehead atoms. The molecular formula is C16H29IN6OS2. The highest BCUT2D eigenvalue weighted by Crippen LogP contribution is 2.20. The summed E-state index contributed by atoms with van der Waals surface area (Å²) in [6.07, 6.45) is 4.86. The van der Waals surface area contributed by atoms with Crippen LogP contribution in [0, 0.1) is 0 Å². The van der Waals surface area contributed by atoms with E-state index >= 15 is 0 Å². The number of thiazole rings is 1. The van der Waals surface area contributed by atoms with E-state index in [0.29, 0.717) is 12.6 Å². The van der Waals surface area contributed by atoms with E-state index in [1.165, 1.54) is 0 Å². The lowest BCUT2D eigenvalue weighted by Crippen LogP contribution is -2.49. The van der Waals surface area contributed by atoms with Gasteiger partial charge in [-0.25, -0.2) is 4.98 Å². The van der Waals surface area contributed by atoms with Crippen LogP contribution in [0.5, 0.6) is 0 Å². The summed E-state index contributed by atoms with van der Waals surface area (Å²) in [5.74, 6) is 1.66. The van der Waals surface area contributed by atoms with Gasteiger partial charge in [0, 0.05) is 49.6 Å². The first kappa shape index (κ1) is 23.4. The zero-order chi connectivity index (χ0) is 17.9. The normalized spacial score (nSPS) is 16.1. The molecule has 0 aromatic carbocycles. The van der Waals surface area contributed by atoms with Gasteiger partial charge in [-0.05, 0) is 26.2 Å². The van der Waals surface area contributed by atoms with Crippen LogP contribution in [-0.4, -0.2) is 66.3 Å². The molecular weight excluding hydrogens is 483 g/mol. The molecule has 2 heterocycles. The Morgan fingerprint density at radius 2 is 2.27 bits per heavy atom. The van der Waals surface area contributed by atoms with Crippen LogP contribution < -0.4 is 16.4 Å². The van der Waals surface area contributed by atoms with Crippen LogP contribution in [0.15, 0.2) is 20.9 Å². The summed E-state index contributed by atoms with van der Waals surface area (Å²) < 4.78 is 1.12. The van der Waals surface area contributed by atoms with Crippen molar-refractivity contribution in [2.24, 2.45) is 10.7 Å². The van der Waals surface area contributed by atoms with Gasteiger partial charge in [-0.15, -0.1) is 35.3 Å². The minimum atomic E-state index is -0.253. The predicted molar refractivity (Wildman–Crippen MR) is 121 cm³/mol. The van der Waals surface area contributed by atoms with Crippen molar-refractivity contribution >= 4 is 58.9 Å². The highest BCUT2D eigenvalue weighted by Gasteiger charge is 2.20. The van der Waals surface area contributed by atoms with Crippen molar-refractivity contribution in [1.82, 2.24) is 20.5 Å². The number of rotatable bonds is 9. The number of aromatic nitrogens is 1. The monoisotopic (exact) mass is 512 g/mol. The Morgan fingerprint density at radius 3 is 2.88 bits per heavy atom. The van der Waals surface area contributed by atoms with E-state index < -0.39 is 0 Å². The van der Waals surface area contributed by atoms with Crippen molar-refractivity contribution in [3.63, 3.8) is 0 Å². The number of thioether (sulfide) groups is 1. The predicted octanol–water partition coefficient (Wildman–Crippen LogP) is 1.75. The standard InChI is InChI=1S/C16H28N6OS2.HI/c1-2-18-15(19-6-3-10-24-16-20-7-11-25-16)21-13-4-8-22(9-5-13)12-14(17)23;/h7,11,13H,2-6,8-10,12H2,1H3,(H2,17,23)(H2,18,19,21);1H. The highest BCUT2D eigenvalue weighted by molar-refractivity contribution is 14.0. The third kappa shape index (κ3) is 9.38.